The van der Waals surface area contributed by atoms with Crippen LogP contribution in [0, 0.1) is 6.92 Å². The number of H-pyrrole nitrogens is 1. The third kappa shape index (κ3) is 3.84. The van der Waals surface area contributed by atoms with E-state index in [1.54, 1.807) is 40.9 Å². The van der Waals surface area contributed by atoms with E-state index in [2.05, 4.69) is 32.8 Å². The van der Waals surface area contributed by atoms with Gasteiger partial charge in [0.2, 0.25) is 0 Å². The summed E-state index contributed by atoms with van der Waals surface area (Å²) in [7, 11) is 0. The number of carbonyl (C=O) groups is 1. The van der Waals surface area contributed by atoms with Crippen molar-refractivity contribution >= 4 is 39.4 Å². The Morgan fingerprint density at radius 1 is 1.22 bits per heavy atom. The van der Waals surface area contributed by atoms with Crippen molar-refractivity contribution in [3.63, 3.8) is 0 Å². The van der Waals surface area contributed by atoms with Gasteiger partial charge in [0.1, 0.15) is 5.69 Å². The summed E-state index contributed by atoms with van der Waals surface area (Å²) in [6, 6.07) is 13.1. The zero-order valence-corrected chi connectivity index (χ0v) is 16.2. The fraction of sp³-hybridized carbons (Fsp3) is 0.150. The fourth-order valence-corrected chi connectivity index (χ4v) is 4.51. The SMILES string of the molecule is Cc1nc(-c2ccc(CCNC(=O)c3cc4ccccc4c(=O)[nH]3)s2)cs1. The molecule has 0 bridgehead atoms. The van der Waals surface area contributed by atoms with Crippen LogP contribution in [0.4, 0.5) is 0 Å². The van der Waals surface area contributed by atoms with Crippen molar-refractivity contribution in [2.75, 3.05) is 6.54 Å². The summed E-state index contributed by atoms with van der Waals surface area (Å²) in [6.45, 7) is 2.50. The number of nitrogens with one attached hydrogen (secondary N) is 2. The lowest BCUT2D eigenvalue weighted by Gasteiger charge is -2.05. The minimum absolute atomic E-state index is 0.250. The maximum atomic E-state index is 12.4. The number of aromatic nitrogens is 2. The number of fused-ring (bicyclic) bond motifs is 1. The monoisotopic (exact) mass is 395 g/mol. The summed E-state index contributed by atoms with van der Waals surface area (Å²) in [6.07, 6.45) is 0.733. The Morgan fingerprint density at radius 2 is 2.07 bits per heavy atom. The number of hydrogen-bond donors (Lipinski definition) is 2. The lowest BCUT2D eigenvalue weighted by Crippen LogP contribution is -2.28. The quantitative estimate of drug-likeness (QED) is 0.536. The molecule has 5 nitrogen and oxygen atoms in total. The topological polar surface area (TPSA) is 74.8 Å². The second-order valence-electron chi connectivity index (χ2n) is 6.12. The highest BCUT2D eigenvalue weighted by Crippen LogP contribution is 2.29. The Hall–Kier alpha value is -2.77. The number of hydrogen-bond acceptors (Lipinski definition) is 5. The van der Waals surface area contributed by atoms with Crippen LogP contribution in [0.3, 0.4) is 0 Å². The number of carbonyl (C=O) groups excluding carboxylic acids is 1. The molecule has 0 radical (unpaired) electrons. The van der Waals surface area contributed by atoms with Crippen LogP contribution in [0.5, 0.6) is 0 Å². The van der Waals surface area contributed by atoms with Gasteiger partial charge in [-0.3, -0.25) is 9.59 Å². The van der Waals surface area contributed by atoms with Gasteiger partial charge in [-0.2, -0.15) is 0 Å². The molecule has 0 unspecified atom stereocenters. The Balaban J connectivity index is 1.40. The van der Waals surface area contributed by atoms with Crippen LogP contribution >= 0.6 is 22.7 Å². The number of aryl methyl sites for hydroxylation is 1. The summed E-state index contributed by atoms with van der Waals surface area (Å²) in [5.74, 6) is -0.273. The number of pyridine rings is 1. The molecule has 0 atom stereocenters. The first-order valence-electron chi connectivity index (χ1n) is 8.51. The van der Waals surface area contributed by atoms with E-state index in [-0.39, 0.29) is 17.2 Å². The van der Waals surface area contributed by atoms with Crippen LogP contribution in [-0.4, -0.2) is 22.4 Å². The number of benzene rings is 1. The largest absolute Gasteiger partial charge is 0.350 e. The van der Waals surface area contributed by atoms with E-state index in [1.807, 2.05) is 19.1 Å². The van der Waals surface area contributed by atoms with Crippen molar-refractivity contribution in [2.45, 2.75) is 13.3 Å². The number of thiophene rings is 1. The molecule has 0 spiro atoms. The summed E-state index contributed by atoms with van der Waals surface area (Å²) in [5, 5.41) is 7.33. The summed E-state index contributed by atoms with van der Waals surface area (Å²) >= 11 is 3.33. The first-order valence-corrected chi connectivity index (χ1v) is 10.2. The Labute approximate surface area is 163 Å². The first kappa shape index (κ1) is 17.6. The van der Waals surface area contributed by atoms with Gasteiger partial charge in [-0.05, 0) is 43.0 Å². The van der Waals surface area contributed by atoms with Gasteiger partial charge in [0.15, 0.2) is 0 Å². The Kier molecular flexibility index (Phi) is 4.87. The molecule has 4 rings (SSSR count). The van der Waals surface area contributed by atoms with E-state index < -0.39 is 0 Å². The number of thiazole rings is 1. The molecule has 2 N–H and O–H groups in total. The van der Waals surface area contributed by atoms with Crippen LogP contribution in [0.25, 0.3) is 21.3 Å². The molecule has 0 fully saturated rings. The number of nitrogens with zero attached hydrogens (tertiary/aromatic N) is 1. The smallest absolute Gasteiger partial charge is 0.267 e. The van der Waals surface area contributed by atoms with Crippen molar-refractivity contribution in [1.82, 2.24) is 15.3 Å². The van der Waals surface area contributed by atoms with Crippen LogP contribution < -0.4 is 10.9 Å². The number of aromatic amines is 1. The van der Waals surface area contributed by atoms with Gasteiger partial charge in [-0.1, -0.05) is 18.2 Å². The first-order chi connectivity index (χ1) is 13.1. The summed E-state index contributed by atoms with van der Waals surface area (Å²) in [4.78, 5) is 34.0. The van der Waals surface area contributed by atoms with E-state index in [0.717, 1.165) is 27.4 Å². The zero-order chi connectivity index (χ0) is 18.8. The zero-order valence-electron chi connectivity index (χ0n) is 14.6. The van der Waals surface area contributed by atoms with Crippen molar-refractivity contribution in [3.8, 4) is 10.6 Å². The summed E-state index contributed by atoms with van der Waals surface area (Å²) in [5.41, 5.74) is 1.04. The molecule has 3 heterocycles. The van der Waals surface area contributed by atoms with Crippen LogP contribution in [0.15, 0.2) is 52.6 Å². The Morgan fingerprint density at radius 3 is 2.89 bits per heavy atom. The molecule has 0 aliphatic carbocycles. The van der Waals surface area contributed by atoms with Crippen molar-refractivity contribution in [2.24, 2.45) is 0 Å². The fourth-order valence-electron chi connectivity index (χ4n) is 2.85. The molecule has 4 aromatic rings. The molecule has 0 saturated carbocycles. The second kappa shape index (κ2) is 7.46. The van der Waals surface area contributed by atoms with Crippen molar-refractivity contribution < 1.29 is 4.79 Å². The predicted octanol–water partition coefficient (Wildman–Crippen LogP) is 3.99. The molecule has 1 amide bonds. The highest BCUT2D eigenvalue weighted by Gasteiger charge is 2.10. The third-order valence-electron chi connectivity index (χ3n) is 4.19. The van der Waals surface area contributed by atoms with Crippen molar-refractivity contribution in [1.29, 1.82) is 0 Å². The average molecular weight is 396 g/mol. The molecule has 0 saturated heterocycles. The lowest BCUT2D eigenvalue weighted by atomic mass is 10.1. The van der Waals surface area contributed by atoms with Gasteiger partial charge in [0.05, 0.1) is 15.6 Å². The van der Waals surface area contributed by atoms with Crippen LogP contribution in [-0.2, 0) is 6.42 Å². The number of amides is 1. The molecule has 0 aliphatic heterocycles. The maximum Gasteiger partial charge on any atom is 0.267 e. The van der Waals surface area contributed by atoms with Gasteiger partial charge < -0.3 is 10.3 Å². The van der Waals surface area contributed by atoms with Gasteiger partial charge in [0, 0.05) is 22.2 Å². The average Bonchev–Trinajstić information content (AvgIpc) is 3.30. The molecule has 136 valence electrons. The van der Waals surface area contributed by atoms with Gasteiger partial charge >= 0.3 is 0 Å². The molecule has 1 aromatic carbocycles. The maximum absolute atomic E-state index is 12.4. The minimum atomic E-state index is -0.273. The highest BCUT2D eigenvalue weighted by atomic mass is 32.1. The summed E-state index contributed by atoms with van der Waals surface area (Å²) < 4.78 is 0. The minimum Gasteiger partial charge on any atom is -0.350 e. The molecule has 0 aliphatic rings. The predicted molar refractivity (Wildman–Crippen MR) is 111 cm³/mol. The number of rotatable bonds is 5. The van der Waals surface area contributed by atoms with Crippen molar-refractivity contribution in [3.05, 3.63) is 73.8 Å². The Bertz CT molecular complexity index is 1170. The van der Waals surface area contributed by atoms with E-state index in [1.165, 1.54) is 4.88 Å². The third-order valence-corrected chi connectivity index (χ3v) is 6.13. The van der Waals surface area contributed by atoms with Gasteiger partial charge in [-0.15, -0.1) is 22.7 Å². The molecular weight excluding hydrogens is 378 g/mol. The normalized spacial score (nSPS) is 11.0. The van der Waals surface area contributed by atoms with E-state index >= 15 is 0 Å². The molecule has 3 aromatic heterocycles. The van der Waals surface area contributed by atoms with Crippen LogP contribution in [0.2, 0.25) is 0 Å². The van der Waals surface area contributed by atoms with Gasteiger partial charge in [0.25, 0.3) is 11.5 Å². The second-order valence-corrected chi connectivity index (χ2v) is 8.35. The molecule has 7 heteroatoms. The van der Waals surface area contributed by atoms with Crippen LogP contribution in [0.1, 0.15) is 20.4 Å². The molecule has 27 heavy (non-hydrogen) atoms. The highest BCUT2D eigenvalue weighted by molar-refractivity contribution is 7.16. The van der Waals surface area contributed by atoms with Gasteiger partial charge in [-0.25, -0.2) is 4.98 Å². The van der Waals surface area contributed by atoms with E-state index in [0.29, 0.717) is 11.9 Å². The van der Waals surface area contributed by atoms with E-state index in [9.17, 15) is 9.59 Å². The van der Waals surface area contributed by atoms with E-state index in [4.69, 9.17) is 0 Å². The standard InChI is InChI=1S/C20H17N3O2S2/c1-12-22-17(11-26-12)18-7-6-14(27-18)8-9-21-20(25)16-10-13-4-2-3-5-15(13)19(24)23-16/h2-7,10-11H,8-9H2,1H3,(H,21,25)(H,23,24). The molecular formula is C20H17N3O2S2. The lowest BCUT2D eigenvalue weighted by molar-refractivity contribution is 0.0949.